The van der Waals surface area contributed by atoms with Crippen LogP contribution in [0.1, 0.15) is 31.4 Å². The van der Waals surface area contributed by atoms with E-state index in [4.69, 9.17) is 39.5 Å². The normalized spacial score (nSPS) is 13.1. The summed E-state index contributed by atoms with van der Waals surface area (Å²) in [6.45, 7) is 4.04. The lowest BCUT2D eigenvalue weighted by Crippen LogP contribution is -2.23. The fourth-order valence-corrected chi connectivity index (χ4v) is 3.69. The third-order valence-electron chi connectivity index (χ3n) is 5.02. The molecule has 0 aliphatic carbocycles. The summed E-state index contributed by atoms with van der Waals surface area (Å²) in [5.41, 5.74) is 1.33. The number of nitriles is 1. The second kappa shape index (κ2) is 8.67. The summed E-state index contributed by atoms with van der Waals surface area (Å²) in [4.78, 5) is 15.0. The van der Waals surface area contributed by atoms with Gasteiger partial charge in [0.05, 0.1) is 33.2 Å². The Morgan fingerprint density at radius 2 is 1.83 bits per heavy atom. The van der Waals surface area contributed by atoms with Crippen molar-refractivity contribution in [3.05, 3.63) is 72.9 Å². The van der Waals surface area contributed by atoms with Gasteiger partial charge in [-0.05, 0) is 42.5 Å². The molecule has 150 valence electrons. The van der Waals surface area contributed by atoms with Crippen LogP contribution in [0.25, 0.3) is 10.9 Å². The number of rotatable bonds is 6. The van der Waals surface area contributed by atoms with Gasteiger partial charge in [-0.1, -0.05) is 53.9 Å². The number of hydrogen-bond acceptors (Lipinski definition) is 3. The molecule has 3 rings (SSSR count). The first-order valence-corrected chi connectivity index (χ1v) is 10.3. The number of aromatic amines is 1. The molecular weight excluding hydrogens is 431 g/mol. The Balaban J connectivity index is 1.83. The second-order valence-electron chi connectivity index (χ2n) is 7.02. The summed E-state index contributed by atoms with van der Waals surface area (Å²) in [5.74, 6) is 0.413. The van der Waals surface area contributed by atoms with Crippen LogP contribution in [0.4, 0.5) is 0 Å². The minimum Gasteiger partial charge on any atom is -0.492 e. The molecule has 0 aliphatic rings. The lowest BCUT2D eigenvalue weighted by Gasteiger charge is -2.23. The van der Waals surface area contributed by atoms with Crippen LogP contribution < -0.4 is 10.3 Å². The zero-order valence-electron chi connectivity index (χ0n) is 16.0. The number of hydrogen-bond donors (Lipinski definition) is 1. The molecule has 0 saturated carbocycles. The molecule has 7 heteroatoms. The van der Waals surface area contributed by atoms with Crippen LogP contribution in [-0.2, 0) is 11.8 Å². The van der Waals surface area contributed by atoms with Gasteiger partial charge < -0.3 is 9.72 Å². The highest BCUT2D eigenvalue weighted by atomic mass is 35.5. The van der Waals surface area contributed by atoms with Crippen LogP contribution in [0.5, 0.6) is 5.75 Å². The highest BCUT2D eigenvalue weighted by Gasteiger charge is 2.27. The topological polar surface area (TPSA) is 65.9 Å². The maximum Gasteiger partial charge on any atom is 0.251 e. The molecule has 0 saturated heterocycles. The Kier molecular flexibility index (Phi) is 6.43. The molecule has 29 heavy (non-hydrogen) atoms. The molecule has 0 bridgehead atoms. The molecule has 1 aromatic heterocycles. The van der Waals surface area contributed by atoms with E-state index < -0.39 is 5.41 Å². The van der Waals surface area contributed by atoms with Gasteiger partial charge in [-0.25, -0.2) is 0 Å². The average Bonchev–Trinajstić information content (AvgIpc) is 2.70. The molecule has 1 heterocycles. The van der Waals surface area contributed by atoms with Crippen molar-refractivity contribution in [1.29, 1.82) is 5.26 Å². The van der Waals surface area contributed by atoms with Crippen LogP contribution in [-0.4, -0.2) is 11.6 Å². The third kappa shape index (κ3) is 4.53. The van der Waals surface area contributed by atoms with Crippen molar-refractivity contribution in [2.24, 2.45) is 0 Å². The number of nitrogens with zero attached hydrogens (tertiary/aromatic N) is 1. The van der Waals surface area contributed by atoms with Crippen LogP contribution in [0.2, 0.25) is 15.1 Å². The number of halogens is 3. The highest BCUT2D eigenvalue weighted by Crippen LogP contribution is 2.35. The summed E-state index contributed by atoms with van der Waals surface area (Å²) in [6, 6.07) is 13.0. The van der Waals surface area contributed by atoms with Gasteiger partial charge in [0.15, 0.2) is 0 Å². The van der Waals surface area contributed by atoms with Gasteiger partial charge in [0, 0.05) is 23.6 Å². The van der Waals surface area contributed by atoms with E-state index in [9.17, 15) is 10.1 Å². The van der Waals surface area contributed by atoms with Crippen molar-refractivity contribution < 1.29 is 4.74 Å². The molecule has 0 spiro atoms. The molecule has 2 aromatic carbocycles. The van der Waals surface area contributed by atoms with E-state index in [1.165, 1.54) is 6.07 Å². The molecule has 1 unspecified atom stereocenters. The fourth-order valence-electron chi connectivity index (χ4n) is 3.10. The van der Waals surface area contributed by atoms with Gasteiger partial charge in [-0.15, -0.1) is 0 Å². The van der Waals surface area contributed by atoms with E-state index in [0.29, 0.717) is 39.2 Å². The van der Waals surface area contributed by atoms with Crippen molar-refractivity contribution in [3.63, 3.8) is 0 Å². The Morgan fingerprint density at radius 1 is 1.10 bits per heavy atom. The van der Waals surface area contributed by atoms with E-state index in [1.54, 1.807) is 6.07 Å². The maximum absolute atomic E-state index is 12.1. The van der Waals surface area contributed by atoms with Crippen LogP contribution in [0.15, 0.2) is 41.2 Å². The van der Waals surface area contributed by atoms with Crippen molar-refractivity contribution in [3.8, 4) is 11.8 Å². The molecule has 1 atom stereocenters. The zero-order valence-corrected chi connectivity index (χ0v) is 18.3. The number of aromatic nitrogens is 1. The van der Waals surface area contributed by atoms with E-state index in [-0.39, 0.29) is 12.2 Å². The molecular formula is C22H19Cl3N2O2. The first-order chi connectivity index (χ1) is 13.8. The molecule has 0 fully saturated rings. The number of fused-ring (bicyclic) bond motifs is 1. The molecule has 3 aromatic rings. The minimum absolute atomic E-state index is 0.103. The monoisotopic (exact) mass is 448 g/mol. The Hall–Kier alpha value is -2.19. The maximum atomic E-state index is 12.1. The van der Waals surface area contributed by atoms with Crippen LogP contribution in [0, 0.1) is 11.3 Å². The highest BCUT2D eigenvalue weighted by molar-refractivity contribution is 6.43. The predicted molar refractivity (Wildman–Crippen MR) is 118 cm³/mol. The Labute approximate surface area is 184 Å². The standard InChI is InChI=1S/C22H19Cl3N2O2/c1-3-13-8-14-4-5-15(9-19(14)27-21(13)28)22(2,12-26)6-7-29-20-11-17(24)16(23)10-18(20)25/h4-5,8-11H,3,6-7H2,1-2H3,(H,27,28). The van der Waals surface area contributed by atoms with Crippen molar-refractivity contribution >= 4 is 45.7 Å². The summed E-state index contributed by atoms with van der Waals surface area (Å²) in [7, 11) is 0. The number of H-pyrrole nitrogens is 1. The summed E-state index contributed by atoms with van der Waals surface area (Å²) < 4.78 is 5.74. The largest absolute Gasteiger partial charge is 0.492 e. The molecule has 4 nitrogen and oxygen atoms in total. The summed E-state index contributed by atoms with van der Waals surface area (Å²) in [6.07, 6.45) is 1.08. The Morgan fingerprint density at radius 3 is 2.52 bits per heavy atom. The van der Waals surface area contributed by atoms with E-state index >= 15 is 0 Å². The van der Waals surface area contributed by atoms with Gasteiger partial charge in [0.1, 0.15) is 5.75 Å². The van der Waals surface area contributed by atoms with Gasteiger partial charge in [-0.2, -0.15) is 5.26 Å². The number of aryl methyl sites for hydroxylation is 1. The smallest absolute Gasteiger partial charge is 0.251 e. The third-order valence-corrected chi connectivity index (χ3v) is 6.04. The average molecular weight is 450 g/mol. The van der Waals surface area contributed by atoms with Crippen LogP contribution in [0.3, 0.4) is 0 Å². The van der Waals surface area contributed by atoms with Crippen molar-refractivity contribution in [1.82, 2.24) is 4.98 Å². The van der Waals surface area contributed by atoms with E-state index in [1.807, 2.05) is 38.1 Å². The quantitative estimate of drug-likeness (QED) is 0.449. The first kappa shape index (κ1) is 21.5. The van der Waals surface area contributed by atoms with Gasteiger partial charge in [0.2, 0.25) is 0 Å². The Bertz CT molecular complexity index is 1170. The minimum atomic E-state index is -0.808. The van der Waals surface area contributed by atoms with Crippen LogP contribution >= 0.6 is 34.8 Å². The van der Waals surface area contributed by atoms with Crippen molar-refractivity contribution in [2.45, 2.75) is 32.1 Å². The number of benzene rings is 2. The summed E-state index contributed by atoms with van der Waals surface area (Å²) in [5, 5.41) is 11.8. The fraction of sp³-hybridized carbons (Fsp3) is 0.273. The predicted octanol–water partition coefficient (Wildman–Crippen LogP) is 6.30. The molecule has 0 amide bonds. The number of nitrogens with one attached hydrogen (secondary N) is 1. The second-order valence-corrected chi connectivity index (χ2v) is 8.24. The summed E-state index contributed by atoms with van der Waals surface area (Å²) >= 11 is 18.1. The molecule has 1 N–H and O–H groups in total. The zero-order chi connectivity index (χ0) is 21.2. The molecule has 0 aliphatic heterocycles. The van der Waals surface area contributed by atoms with Gasteiger partial charge in [-0.3, -0.25) is 4.79 Å². The van der Waals surface area contributed by atoms with Crippen molar-refractivity contribution in [2.75, 3.05) is 6.61 Å². The SMILES string of the molecule is CCc1cc2ccc(C(C)(C#N)CCOc3cc(Cl)c(Cl)cc3Cl)cc2[nH]c1=O. The first-order valence-electron chi connectivity index (χ1n) is 9.12. The lowest BCUT2D eigenvalue weighted by molar-refractivity contribution is 0.285. The van der Waals surface area contributed by atoms with E-state index in [2.05, 4.69) is 11.1 Å². The van der Waals surface area contributed by atoms with E-state index in [0.717, 1.165) is 16.5 Å². The lowest BCUT2D eigenvalue weighted by atomic mass is 9.81. The molecule has 0 radical (unpaired) electrons. The number of ether oxygens (including phenoxy) is 1. The number of pyridine rings is 1. The van der Waals surface area contributed by atoms with Gasteiger partial charge >= 0.3 is 0 Å². The van der Waals surface area contributed by atoms with Gasteiger partial charge in [0.25, 0.3) is 5.56 Å².